The Morgan fingerprint density at radius 1 is 1.32 bits per heavy atom. The highest BCUT2D eigenvalue weighted by atomic mass is 32.2. The second-order valence-corrected chi connectivity index (χ2v) is 7.03. The molecule has 19 heavy (non-hydrogen) atoms. The van der Waals surface area contributed by atoms with Gasteiger partial charge in [0, 0.05) is 5.25 Å². The fraction of sp³-hybridized carbons (Fsp3) is 0.538. The molecule has 1 saturated carbocycles. The normalized spacial score (nSPS) is 16.9. The summed E-state index contributed by atoms with van der Waals surface area (Å²) in [5.41, 5.74) is 2.68. The Kier molecular flexibility index (Phi) is 4.20. The fourth-order valence-electron chi connectivity index (χ4n) is 2.50. The molecule has 0 unspecified atom stereocenters. The molecule has 3 N–H and O–H groups in total. The van der Waals surface area contributed by atoms with Gasteiger partial charge in [-0.05, 0) is 24.3 Å². The summed E-state index contributed by atoms with van der Waals surface area (Å²) in [7, 11) is 0. The third-order valence-electron chi connectivity index (χ3n) is 3.51. The first-order valence-electron chi connectivity index (χ1n) is 6.69. The van der Waals surface area contributed by atoms with Crippen LogP contribution in [0.2, 0.25) is 0 Å². The van der Waals surface area contributed by atoms with Crippen molar-refractivity contribution in [3.63, 3.8) is 0 Å². The molecular weight excluding hydrogens is 276 g/mol. The third kappa shape index (κ3) is 3.01. The van der Waals surface area contributed by atoms with Gasteiger partial charge in [0.1, 0.15) is 10.7 Å². The van der Waals surface area contributed by atoms with E-state index in [1.54, 1.807) is 11.3 Å². The molecule has 1 aliphatic rings. The summed E-state index contributed by atoms with van der Waals surface area (Å²) in [6.07, 6.45) is 6.83. The number of hydrogen-bond acceptors (Lipinski definition) is 6. The van der Waals surface area contributed by atoms with Crippen LogP contribution < -0.4 is 11.3 Å². The van der Waals surface area contributed by atoms with Gasteiger partial charge in [-0.15, -0.1) is 11.3 Å². The van der Waals surface area contributed by atoms with Gasteiger partial charge in [0.25, 0.3) is 0 Å². The van der Waals surface area contributed by atoms with E-state index in [4.69, 9.17) is 5.84 Å². The van der Waals surface area contributed by atoms with E-state index in [0.717, 1.165) is 32.9 Å². The smallest absolute Gasteiger partial charge is 0.152 e. The lowest BCUT2D eigenvalue weighted by Crippen LogP contribution is -2.12. The Morgan fingerprint density at radius 2 is 2.16 bits per heavy atom. The summed E-state index contributed by atoms with van der Waals surface area (Å²) in [5, 5.41) is 3.82. The first kappa shape index (κ1) is 13.1. The van der Waals surface area contributed by atoms with Gasteiger partial charge in [0.2, 0.25) is 0 Å². The summed E-state index contributed by atoms with van der Waals surface area (Å²) in [6.45, 7) is 0. The number of thioether (sulfide) groups is 1. The van der Waals surface area contributed by atoms with Crippen LogP contribution in [0.4, 0.5) is 5.82 Å². The molecule has 1 fully saturated rings. The molecule has 1 aliphatic carbocycles. The van der Waals surface area contributed by atoms with E-state index in [2.05, 4.69) is 15.4 Å². The largest absolute Gasteiger partial charge is 0.308 e. The lowest BCUT2D eigenvalue weighted by molar-refractivity contribution is 0.516. The highest BCUT2D eigenvalue weighted by Gasteiger charge is 2.15. The standard InChI is InChI=1S/C13H18N4S2/c14-17-12-10-6-7-18-13(10)16-11(15-12)8-19-9-4-2-1-3-5-9/h6-7,9H,1-5,8,14H2,(H,15,16,17). The average Bonchev–Trinajstić information content (AvgIpc) is 2.93. The second kappa shape index (κ2) is 6.07. The van der Waals surface area contributed by atoms with Gasteiger partial charge in [-0.2, -0.15) is 11.8 Å². The van der Waals surface area contributed by atoms with Gasteiger partial charge in [-0.25, -0.2) is 15.8 Å². The van der Waals surface area contributed by atoms with E-state index in [0.29, 0.717) is 0 Å². The Hall–Kier alpha value is -0.850. The van der Waals surface area contributed by atoms with Crippen LogP contribution in [-0.2, 0) is 5.75 Å². The first-order chi connectivity index (χ1) is 9.36. The summed E-state index contributed by atoms with van der Waals surface area (Å²) in [4.78, 5) is 10.1. The molecule has 3 rings (SSSR count). The van der Waals surface area contributed by atoms with Crippen molar-refractivity contribution in [3.05, 3.63) is 17.3 Å². The van der Waals surface area contributed by atoms with Gasteiger partial charge in [-0.1, -0.05) is 19.3 Å². The molecule has 2 aromatic heterocycles. The Bertz CT molecular complexity index is 549. The van der Waals surface area contributed by atoms with E-state index < -0.39 is 0 Å². The Morgan fingerprint density at radius 3 is 2.95 bits per heavy atom. The number of nitrogens with one attached hydrogen (secondary N) is 1. The lowest BCUT2D eigenvalue weighted by Gasteiger charge is -2.20. The predicted octanol–water partition coefficient (Wildman–Crippen LogP) is 3.54. The van der Waals surface area contributed by atoms with Crippen LogP contribution in [0.5, 0.6) is 0 Å². The summed E-state index contributed by atoms with van der Waals surface area (Å²) in [6, 6.07) is 2.01. The highest BCUT2D eigenvalue weighted by molar-refractivity contribution is 7.99. The molecule has 0 radical (unpaired) electrons. The lowest BCUT2D eigenvalue weighted by atomic mass is 10.0. The number of nitrogen functional groups attached to an aromatic ring is 1. The maximum absolute atomic E-state index is 5.54. The number of anilines is 1. The number of hydrogen-bond donors (Lipinski definition) is 2. The molecular formula is C13H18N4S2. The van der Waals surface area contributed by atoms with Crippen LogP contribution in [0.3, 0.4) is 0 Å². The highest BCUT2D eigenvalue weighted by Crippen LogP contribution is 2.31. The maximum atomic E-state index is 5.54. The second-order valence-electron chi connectivity index (χ2n) is 4.84. The number of fused-ring (bicyclic) bond motifs is 1. The van der Waals surface area contributed by atoms with Crippen LogP contribution in [0.25, 0.3) is 10.2 Å². The first-order valence-corrected chi connectivity index (χ1v) is 8.62. The SMILES string of the molecule is NNc1nc(CSC2CCCCC2)nc2sccc12. The number of aromatic nitrogens is 2. The van der Waals surface area contributed by atoms with Crippen LogP contribution in [0, 0.1) is 0 Å². The molecule has 4 nitrogen and oxygen atoms in total. The van der Waals surface area contributed by atoms with Crippen molar-refractivity contribution in [2.75, 3.05) is 5.43 Å². The van der Waals surface area contributed by atoms with Crippen LogP contribution in [0.15, 0.2) is 11.4 Å². The number of rotatable bonds is 4. The molecule has 0 bridgehead atoms. The number of nitrogens with two attached hydrogens (primary N) is 1. The van der Waals surface area contributed by atoms with E-state index in [1.165, 1.54) is 32.1 Å². The molecule has 2 aromatic rings. The Balaban J connectivity index is 1.73. The molecule has 0 atom stereocenters. The third-order valence-corrected chi connectivity index (χ3v) is 5.68. The summed E-state index contributed by atoms with van der Waals surface area (Å²) in [5.74, 6) is 8.05. The van der Waals surface area contributed by atoms with Crippen molar-refractivity contribution < 1.29 is 0 Å². The molecule has 2 heterocycles. The minimum atomic E-state index is 0.741. The maximum Gasteiger partial charge on any atom is 0.152 e. The van der Waals surface area contributed by atoms with Crippen LogP contribution in [-0.4, -0.2) is 15.2 Å². The molecule has 6 heteroatoms. The molecule has 102 valence electrons. The van der Waals surface area contributed by atoms with Gasteiger partial charge in [-0.3, -0.25) is 0 Å². The average molecular weight is 294 g/mol. The van der Waals surface area contributed by atoms with Crippen molar-refractivity contribution >= 4 is 39.1 Å². The summed E-state index contributed by atoms with van der Waals surface area (Å²) < 4.78 is 0. The topological polar surface area (TPSA) is 63.8 Å². The van der Waals surface area contributed by atoms with Crippen LogP contribution >= 0.6 is 23.1 Å². The monoisotopic (exact) mass is 294 g/mol. The minimum absolute atomic E-state index is 0.741. The fourth-order valence-corrected chi connectivity index (χ4v) is 4.46. The number of thiophene rings is 1. The molecule has 0 aliphatic heterocycles. The van der Waals surface area contributed by atoms with Crippen molar-refractivity contribution in [2.24, 2.45) is 5.84 Å². The predicted molar refractivity (Wildman–Crippen MR) is 83.4 cm³/mol. The zero-order valence-corrected chi connectivity index (χ0v) is 12.4. The van der Waals surface area contributed by atoms with Gasteiger partial charge < -0.3 is 5.43 Å². The zero-order chi connectivity index (χ0) is 13.1. The van der Waals surface area contributed by atoms with E-state index in [1.807, 2.05) is 23.2 Å². The van der Waals surface area contributed by atoms with E-state index in [9.17, 15) is 0 Å². The Labute approximate surface area is 121 Å². The zero-order valence-electron chi connectivity index (χ0n) is 10.8. The van der Waals surface area contributed by atoms with Gasteiger partial charge in [0.15, 0.2) is 5.82 Å². The molecule has 0 saturated heterocycles. The van der Waals surface area contributed by atoms with Crippen molar-refractivity contribution in [1.29, 1.82) is 0 Å². The minimum Gasteiger partial charge on any atom is -0.308 e. The van der Waals surface area contributed by atoms with Crippen molar-refractivity contribution in [2.45, 2.75) is 43.1 Å². The van der Waals surface area contributed by atoms with E-state index in [-0.39, 0.29) is 0 Å². The number of nitrogens with zero attached hydrogens (tertiary/aromatic N) is 2. The molecule has 0 amide bonds. The summed E-state index contributed by atoms with van der Waals surface area (Å²) >= 11 is 3.63. The number of hydrazine groups is 1. The van der Waals surface area contributed by atoms with Crippen LogP contribution in [0.1, 0.15) is 37.9 Å². The van der Waals surface area contributed by atoms with Crippen molar-refractivity contribution in [1.82, 2.24) is 9.97 Å². The molecule has 0 spiro atoms. The van der Waals surface area contributed by atoms with Crippen molar-refractivity contribution in [3.8, 4) is 0 Å². The van der Waals surface area contributed by atoms with Gasteiger partial charge >= 0.3 is 0 Å². The van der Waals surface area contributed by atoms with Gasteiger partial charge in [0.05, 0.1) is 11.1 Å². The van der Waals surface area contributed by atoms with E-state index >= 15 is 0 Å². The molecule has 0 aromatic carbocycles. The quantitative estimate of drug-likeness (QED) is 0.667.